The molecule has 0 atom stereocenters. The molecule has 0 radical (unpaired) electrons. The monoisotopic (exact) mass is 395 g/mol. The SMILES string of the molecule is CC(C)(C)c1ccc(NC(=O)N2CCN(c3ccc4c(c3)OCCO4)CC2)cc1. The highest BCUT2D eigenvalue weighted by atomic mass is 16.6. The zero-order valence-corrected chi connectivity index (χ0v) is 17.4. The Morgan fingerprint density at radius 2 is 1.55 bits per heavy atom. The van der Waals surface area contributed by atoms with Crippen LogP contribution in [0, 0.1) is 0 Å². The molecule has 0 saturated carbocycles. The van der Waals surface area contributed by atoms with Gasteiger partial charge in [-0.15, -0.1) is 0 Å². The van der Waals surface area contributed by atoms with Crippen molar-refractivity contribution in [1.82, 2.24) is 4.90 Å². The van der Waals surface area contributed by atoms with E-state index in [1.165, 1.54) is 5.56 Å². The van der Waals surface area contributed by atoms with Crippen LogP contribution in [0.15, 0.2) is 42.5 Å². The van der Waals surface area contributed by atoms with Crippen LogP contribution in [0.25, 0.3) is 0 Å². The summed E-state index contributed by atoms with van der Waals surface area (Å²) in [5.41, 5.74) is 3.29. The fourth-order valence-electron chi connectivity index (χ4n) is 3.65. The van der Waals surface area contributed by atoms with Crippen molar-refractivity contribution in [3.63, 3.8) is 0 Å². The van der Waals surface area contributed by atoms with E-state index in [0.717, 1.165) is 36.0 Å². The Balaban J connectivity index is 1.33. The van der Waals surface area contributed by atoms with Gasteiger partial charge in [0.25, 0.3) is 0 Å². The van der Waals surface area contributed by atoms with E-state index in [0.29, 0.717) is 26.3 Å². The van der Waals surface area contributed by atoms with Crippen molar-refractivity contribution in [2.45, 2.75) is 26.2 Å². The van der Waals surface area contributed by atoms with Crippen molar-refractivity contribution in [1.29, 1.82) is 0 Å². The van der Waals surface area contributed by atoms with Crippen LogP contribution in [-0.4, -0.2) is 50.3 Å². The van der Waals surface area contributed by atoms with E-state index in [1.807, 2.05) is 29.2 Å². The van der Waals surface area contributed by atoms with Gasteiger partial charge in [-0.25, -0.2) is 4.79 Å². The van der Waals surface area contributed by atoms with Crippen LogP contribution in [0.4, 0.5) is 16.2 Å². The van der Waals surface area contributed by atoms with Crippen molar-refractivity contribution in [2.75, 3.05) is 49.6 Å². The molecule has 6 heteroatoms. The Morgan fingerprint density at radius 3 is 2.21 bits per heavy atom. The third kappa shape index (κ3) is 4.42. The molecule has 1 N–H and O–H groups in total. The normalized spacial score (nSPS) is 16.5. The fraction of sp³-hybridized carbons (Fsp3) is 0.435. The number of anilines is 2. The van der Waals surface area contributed by atoms with Crippen LogP contribution in [0.1, 0.15) is 26.3 Å². The van der Waals surface area contributed by atoms with Crippen molar-refractivity contribution < 1.29 is 14.3 Å². The molecule has 0 unspecified atom stereocenters. The quantitative estimate of drug-likeness (QED) is 0.832. The van der Waals surface area contributed by atoms with E-state index in [9.17, 15) is 4.79 Å². The number of carbonyl (C=O) groups is 1. The number of hydrogen-bond donors (Lipinski definition) is 1. The van der Waals surface area contributed by atoms with Gasteiger partial charge < -0.3 is 24.6 Å². The Kier molecular flexibility index (Phi) is 5.26. The van der Waals surface area contributed by atoms with Crippen molar-refractivity contribution >= 4 is 17.4 Å². The first kappa shape index (κ1) is 19.4. The van der Waals surface area contributed by atoms with E-state index >= 15 is 0 Å². The summed E-state index contributed by atoms with van der Waals surface area (Å²) in [6, 6.07) is 14.1. The Labute approximate surface area is 172 Å². The Morgan fingerprint density at radius 1 is 0.897 bits per heavy atom. The number of carbonyl (C=O) groups excluding carboxylic acids is 1. The lowest BCUT2D eigenvalue weighted by Gasteiger charge is -2.36. The number of nitrogens with zero attached hydrogens (tertiary/aromatic N) is 2. The molecule has 1 fully saturated rings. The molecular weight excluding hydrogens is 366 g/mol. The maximum absolute atomic E-state index is 12.6. The van der Waals surface area contributed by atoms with Gasteiger partial charge in [0.2, 0.25) is 0 Å². The summed E-state index contributed by atoms with van der Waals surface area (Å²) < 4.78 is 11.3. The molecule has 29 heavy (non-hydrogen) atoms. The first-order chi connectivity index (χ1) is 13.9. The second-order valence-electron chi connectivity index (χ2n) is 8.56. The molecule has 154 valence electrons. The van der Waals surface area contributed by atoms with Crippen LogP contribution in [-0.2, 0) is 5.41 Å². The van der Waals surface area contributed by atoms with Gasteiger partial charge in [0.05, 0.1) is 0 Å². The summed E-state index contributed by atoms with van der Waals surface area (Å²) in [4.78, 5) is 16.8. The zero-order valence-electron chi connectivity index (χ0n) is 17.4. The zero-order chi connectivity index (χ0) is 20.4. The molecular formula is C23H29N3O3. The second kappa shape index (κ2) is 7.85. The van der Waals surface area contributed by atoms with Gasteiger partial charge in [-0.1, -0.05) is 32.9 Å². The van der Waals surface area contributed by atoms with Crippen molar-refractivity contribution in [3.05, 3.63) is 48.0 Å². The van der Waals surface area contributed by atoms with E-state index in [4.69, 9.17) is 9.47 Å². The van der Waals surface area contributed by atoms with Crippen molar-refractivity contribution in [2.24, 2.45) is 0 Å². The van der Waals surface area contributed by atoms with Crippen molar-refractivity contribution in [3.8, 4) is 11.5 Å². The first-order valence-corrected chi connectivity index (χ1v) is 10.2. The number of ether oxygens (including phenoxy) is 2. The van der Waals surface area contributed by atoms with Crippen LogP contribution in [0.2, 0.25) is 0 Å². The topological polar surface area (TPSA) is 54.0 Å². The van der Waals surface area contributed by atoms with Crippen LogP contribution in [0.3, 0.4) is 0 Å². The molecule has 0 spiro atoms. The lowest BCUT2D eigenvalue weighted by molar-refractivity contribution is 0.171. The lowest BCUT2D eigenvalue weighted by atomic mass is 9.87. The van der Waals surface area contributed by atoms with Gasteiger partial charge in [-0.3, -0.25) is 0 Å². The minimum absolute atomic E-state index is 0.0460. The maximum Gasteiger partial charge on any atom is 0.321 e. The van der Waals surface area contributed by atoms with E-state index in [-0.39, 0.29) is 11.4 Å². The smallest absolute Gasteiger partial charge is 0.321 e. The summed E-state index contributed by atoms with van der Waals surface area (Å²) in [7, 11) is 0. The van der Waals surface area contributed by atoms with E-state index in [2.05, 4.69) is 49.2 Å². The van der Waals surface area contributed by atoms with Gasteiger partial charge in [-0.05, 0) is 35.2 Å². The molecule has 1 saturated heterocycles. The van der Waals surface area contributed by atoms with Gasteiger partial charge in [-0.2, -0.15) is 0 Å². The largest absolute Gasteiger partial charge is 0.486 e. The summed E-state index contributed by atoms with van der Waals surface area (Å²) >= 11 is 0. The van der Waals surface area contributed by atoms with Crippen LogP contribution >= 0.6 is 0 Å². The number of piperazine rings is 1. The molecule has 6 nitrogen and oxygen atoms in total. The van der Waals surface area contributed by atoms with Gasteiger partial charge in [0, 0.05) is 43.6 Å². The molecule has 4 rings (SSSR count). The summed E-state index contributed by atoms with van der Waals surface area (Å²) in [6.07, 6.45) is 0. The predicted molar refractivity (Wildman–Crippen MR) is 115 cm³/mol. The molecule has 2 heterocycles. The summed E-state index contributed by atoms with van der Waals surface area (Å²) in [5, 5.41) is 3.02. The average molecular weight is 396 g/mol. The van der Waals surface area contributed by atoms with Gasteiger partial charge in [0.1, 0.15) is 13.2 Å². The standard InChI is InChI=1S/C23H29N3O3/c1-23(2,3)17-4-6-18(7-5-17)24-22(27)26-12-10-25(11-13-26)19-8-9-20-21(16-19)29-15-14-28-20/h4-9,16H,10-15H2,1-3H3,(H,24,27). The molecule has 0 bridgehead atoms. The number of hydrogen-bond acceptors (Lipinski definition) is 4. The number of urea groups is 1. The fourth-order valence-corrected chi connectivity index (χ4v) is 3.65. The van der Waals surface area contributed by atoms with E-state index in [1.54, 1.807) is 0 Å². The molecule has 2 aliphatic rings. The number of fused-ring (bicyclic) bond motifs is 1. The molecule has 0 aromatic heterocycles. The third-order valence-electron chi connectivity index (χ3n) is 5.46. The predicted octanol–water partition coefficient (Wildman–Crippen LogP) is 4.11. The molecule has 2 aromatic rings. The lowest BCUT2D eigenvalue weighted by Crippen LogP contribution is -2.50. The third-order valence-corrected chi connectivity index (χ3v) is 5.46. The first-order valence-electron chi connectivity index (χ1n) is 10.2. The highest BCUT2D eigenvalue weighted by Gasteiger charge is 2.23. The minimum Gasteiger partial charge on any atom is -0.486 e. The number of rotatable bonds is 2. The van der Waals surface area contributed by atoms with E-state index < -0.39 is 0 Å². The number of amides is 2. The number of benzene rings is 2. The summed E-state index contributed by atoms with van der Waals surface area (Å²) in [5.74, 6) is 1.60. The Hall–Kier alpha value is -2.89. The van der Waals surface area contributed by atoms with Crippen LogP contribution in [0.5, 0.6) is 11.5 Å². The summed E-state index contributed by atoms with van der Waals surface area (Å²) in [6.45, 7) is 10.7. The average Bonchev–Trinajstić information content (AvgIpc) is 2.73. The second-order valence-corrected chi connectivity index (χ2v) is 8.56. The molecule has 2 aromatic carbocycles. The Bertz CT molecular complexity index is 866. The highest BCUT2D eigenvalue weighted by molar-refractivity contribution is 5.89. The van der Waals surface area contributed by atoms with Gasteiger partial charge >= 0.3 is 6.03 Å². The number of nitrogens with one attached hydrogen (secondary N) is 1. The molecule has 2 amide bonds. The minimum atomic E-state index is -0.0460. The maximum atomic E-state index is 12.6. The molecule has 2 aliphatic heterocycles. The highest BCUT2D eigenvalue weighted by Crippen LogP contribution is 2.34. The van der Waals surface area contributed by atoms with Crippen LogP contribution < -0.4 is 19.7 Å². The molecule has 0 aliphatic carbocycles. The van der Waals surface area contributed by atoms with Gasteiger partial charge in [0.15, 0.2) is 11.5 Å².